The molecule has 0 saturated carbocycles. The van der Waals surface area contributed by atoms with Gasteiger partial charge in [0.1, 0.15) is 18.7 Å². The van der Waals surface area contributed by atoms with Crippen molar-refractivity contribution in [1.82, 2.24) is 4.90 Å². The third-order valence-corrected chi connectivity index (χ3v) is 7.59. The molecule has 9 nitrogen and oxygen atoms in total. The maximum atomic E-state index is 13.9. The highest BCUT2D eigenvalue weighted by Gasteiger charge is 2.44. The maximum Gasteiger partial charge on any atom is 0.290 e. The van der Waals surface area contributed by atoms with Crippen molar-refractivity contribution >= 4 is 22.7 Å². The SMILES string of the molecule is CCCCOc1ccc([C@H]2C(C(=O)c3cc4ccccc4o3)=C(O)C(=O)N2CCC[NH+]2CCOCC2)cc1OC. The predicted molar refractivity (Wildman–Crippen MR) is 149 cm³/mol. The molecule has 9 heteroatoms. The van der Waals surface area contributed by atoms with Gasteiger partial charge in [0, 0.05) is 18.4 Å². The Morgan fingerprint density at radius 1 is 1.10 bits per heavy atom. The van der Waals surface area contributed by atoms with Crippen LogP contribution in [-0.4, -0.2) is 74.8 Å². The largest absolute Gasteiger partial charge is 0.503 e. The Balaban J connectivity index is 1.47. The lowest BCUT2D eigenvalue weighted by molar-refractivity contribution is -0.908. The average molecular weight is 550 g/mol. The molecule has 1 amide bonds. The zero-order chi connectivity index (χ0) is 28.1. The summed E-state index contributed by atoms with van der Waals surface area (Å²) in [5.41, 5.74) is 1.21. The molecule has 40 heavy (non-hydrogen) atoms. The molecule has 0 radical (unpaired) electrons. The Labute approximate surface area is 233 Å². The Bertz CT molecular complexity index is 1360. The van der Waals surface area contributed by atoms with Crippen LogP contribution in [0.3, 0.4) is 0 Å². The molecule has 0 bridgehead atoms. The fraction of sp³-hybridized carbons (Fsp3) is 0.419. The Kier molecular flexibility index (Phi) is 8.72. The van der Waals surface area contributed by atoms with Crippen molar-refractivity contribution in [2.45, 2.75) is 32.2 Å². The second kappa shape index (κ2) is 12.6. The van der Waals surface area contributed by atoms with Crippen LogP contribution in [-0.2, 0) is 9.53 Å². The molecule has 1 atom stereocenters. The van der Waals surface area contributed by atoms with Crippen molar-refractivity contribution < 1.29 is 38.2 Å². The molecule has 2 aliphatic rings. The first-order valence-electron chi connectivity index (χ1n) is 14.0. The van der Waals surface area contributed by atoms with E-state index in [1.807, 2.05) is 24.3 Å². The molecule has 5 rings (SSSR count). The van der Waals surface area contributed by atoms with Crippen molar-refractivity contribution in [3.05, 3.63) is 71.2 Å². The molecule has 2 aliphatic heterocycles. The van der Waals surface area contributed by atoms with Crippen LogP contribution >= 0.6 is 0 Å². The normalized spacial score (nSPS) is 18.1. The molecular formula is C31H37N2O7+. The van der Waals surface area contributed by atoms with Crippen molar-refractivity contribution in [3.8, 4) is 11.5 Å². The summed E-state index contributed by atoms with van der Waals surface area (Å²) in [4.78, 5) is 30.3. The molecule has 1 fully saturated rings. The summed E-state index contributed by atoms with van der Waals surface area (Å²) < 4.78 is 22.8. The summed E-state index contributed by atoms with van der Waals surface area (Å²) in [5.74, 6) is -0.465. The van der Waals surface area contributed by atoms with E-state index in [4.69, 9.17) is 18.6 Å². The summed E-state index contributed by atoms with van der Waals surface area (Å²) >= 11 is 0. The number of nitrogens with zero attached hydrogens (tertiary/aromatic N) is 1. The summed E-state index contributed by atoms with van der Waals surface area (Å²) in [6, 6.07) is 13.6. The van der Waals surface area contributed by atoms with Crippen LogP contribution in [0.5, 0.6) is 11.5 Å². The summed E-state index contributed by atoms with van der Waals surface area (Å²) in [5, 5.41) is 11.9. The number of benzene rings is 2. The van der Waals surface area contributed by atoms with Crippen molar-refractivity contribution in [1.29, 1.82) is 0 Å². The number of hydrogen-bond acceptors (Lipinski definition) is 7. The van der Waals surface area contributed by atoms with Crippen LogP contribution in [0.1, 0.15) is 48.3 Å². The molecule has 0 spiro atoms. The van der Waals surface area contributed by atoms with Gasteiger partial charge in [-0.3, -0.25) is 9.59 Å². The van der Waals surface area contributed by atoms with Gasteiger partial charge in [-0.05, 0) is 36.2 Å². The highest BCUT2D eigenvalue weighted by atomic mass is 16.5. The third kappa shape index (κ3) is 5.71. The molecular weight excluding hydrogens is 512 g/mol. The number of carbonyl (C=O) groups is 2. The van der Waals surface area contributed by atoms with Gasteiger partial charge >= 0.3 is 0 Å². The number of Topliss-reactive ketones (excluding diaryl/α,β-unsaturated/α-hetero) is 1. The van der Waals surface area contributed by atoms with Crippen LogP contribution in [0.4, 0.5) is 0 Å². The highest BCUT2D eigenvalue weighted by Crippen LogP contribution is 2.42. The number of aliphatic hydroxyl groups excluding tert-OH is 1. The molecule has 0 unspecified atom stereocenters. The number of rotatable bonds is 12. The molecule has 1 saturated heterocycles. The first-order valence-corrected chi connectivity index (χ1v) is 14.0. The quantitative estimate of drug-likeness (QED) is 0.263. The van der Waals surface area contributed by atoms with E-state index in [0.29, 0.717) is 42.2 Å². The summed E-state index contributed by atoms with van der Waals surface area (Å²) in [6.07, 6.45) is 2.63. The number of aliphatic hydroxyl groups is 1. The van der Waals surface area contributed by atoms with Crippen molar-refractivity contribution in [3.63, 3.8) is 0 Å². The summed E-state index contributed by atoms with van der Waals surface area (Å²) in [6.45, 7) is 7.20. The number of ether oxygens (including phenoxy) is 3. The molecule has 0 aliphatic carbocycles. The lowest BCUT2D eigenvalue weighted by atomic mass is 9.94. The van der Waals surface area contributed by atoms with Gasteiger partial charge in [0.05, 0.1) is 45.1 Å². The average Bonchev–Trinajstić information content (AvgIpc) is 3.53. The van der Waals surface area contributed by atoms with Gasteiger partial charge in [0.25, 0.3) is 5.91 Å². The number of para-hydroxylation sites is 1. The topological polar surface area (TPSA) is 103 Å². The number of carbonyl (C=O) groups excluding carboxylic acids is 2. The monoisotopic (exact) mass is 549 g/mol. The molecule has 3 aromatic rings. The number of hydrogen-bond donors (Lipinski definition) is 2. The van der Waals surface area contributed by atoms with Crippen LogP contribution in [0.15, 0.2) is 64.3 Å². The van der Waals surface area contributed by atoms with E-state index in [9.17, 15) is 14.7 Å². The molecule has 2 N–H and O–H groups in total. The zero-order valence-corrected chi connectivity index (χ0v) is 23.1. The number of unbranched alkanes of at least 4 members (excludes halogenated alkanes) is 1. The number of amides is 1. The number of nitrogens with one attached hydrogen (secondary N) is 1. The number of furan rings is 1. The molecule has 1 aromatic heterocycles. The van der Waals surface area contributed by atoms with Gasteiger partial charge in [-0.25, -0.2) is 0 Å². The van der Waals surface area contributed by atoms with E-state index < -0.39 is 23.5 Å². The van der Waals surface area contributed by atoms with Crippen LogP contribution in [0.25, 0.3) is 11.0 Å². The van der Waals surface area contributed by atoms with E-state index in [0.717, 1.165) is 51.1 Å². The number of methoxy groups -OCH3 is 1. The number of morpholine rings is 1. The van der Waals surface area contributed by atoms with Gasteiger partial charge in [-0.15, -0.1) is 0 Å². The third-order valence-electron chi connectivity index (χ3n) is 7.59. The van der Waals surface area contributed by atoms with Crippen LogP contribution in [0.2, 0.25) is 0 Å². The summed E-state index contributed by atoms with van der Waals surface area (Å²) in [7, 11) is 1.56. The standard InChI is InChI=1S/C31H36N2O7/c1-3-4-16-39-24-11-10-22(20-25(24)37-2)28-27(29(34)26-19-21-8-5-6-9-23(21)40-26)30(35)31(36)33(28)13-7-12-32-14-17-38-18-15-32/h5-6,8-11,19-20,28,35H,3-4,7,12-18H2,1-2H3/p+1/t28-/m0/s1. The van der Waals surface area contributed by atoms with Gasteiger partial charge in [0.15, 0.2) is 23.0 Å². The zero-order valence-electron chi connectivity index (χ0n) is 23.1. The van der Waals surface area contributed by atoms with Gasteiger partial charge in [-0.2, -0.15) is 0 Å². The fourth-order valence-electron chi connectivity index (χ4n) is 5.40. The van der Waals surface area contributed by atoms with E-state index in [2.05, 4.69) is 6.92 Å². The first-order chi connectivity index (χ1) is 19.5. The second-order valence-corrected chi connectivity index (χ2v) is 10.2. The Hall–Kier alpha value is -3.82. The van der Waals surface area contributed by atoms with Gasteiger partial charge in [-0.1, -0.05) is 37.6 Å². The first kappa shape index (κ1) is 27.7. The molecule has 3 heterocycles. The second-order valence-electron chi connectivity index (χ2n) is 10.2. The lowest BCUT2D eigenvalue weighted by Gasteiger charge is -2.29. The fourth-order valence-corrected chi connectivity index (χ4v) is 5.40. The van der Waals surface area contributed by atoms with E-state index in [1.54, 1.807) is 36.3 Å². The minimum absolute atomic E-state index is 0.00415. The minimum atomic E-state index is -0.800. The van der Waals surface area contributed by atoms with Crippen LogP contribution in [0, 0.1) is 0 Å². The van der Waals surface area contributed by atoms with E-state index in [-0.39, 0.29) is 11.3 Å². The maximum absolute atomic E-state index is 13.9. The van der Waals surface area contributed by atoms with Gasteiger partial charge < -0.3 is 33.5 Å². The predicted octanol–water partition coefficient (Wildman–Crippen LogP) is 3.50. The van der Waals surface area contributed by atoms with Crippen molar-refractivity contribution in [2.75, 3.05) is 53.1 Å². The van der Waals surface area contributed by atoms with E-state index >= 15 is 0 Å². The number of fused-ring (bicyclic) bond motifs is 1. The molecule has 2 aromatic carbocycles. The Morgan fingerprint density at radius 3 is 2.65 bits per heavy atom. The molecule has 212 valence electrons. The smallest absolute Gasteiger partial charge is 0.290 e. The lowest BCUT2D eigenvalue weighted by Crippen LogP contribution is -3.14. The van der Waals surface area contributed by atoms with Gasteiger partial charge in [0.2, 0.25) is 5.78 Å². The highest BCUT2D eigenvalue weighted by molar-refractivity contribution is 6.16. The number of ketones is 1. The van der Waals surface area contributed by atoms with E-state index in [1.165, 1.54) is 4.90 Å². The van der Waals surface area contributed by atoms with Crippen LogP contribution < -0.4 is 14.4 Å². The Morgan fingerprint density at radius 2 is 1.90 bits per heavy atom. The minimum Gasteiger partial charge on any atom is -0.503 e. The number of quaternary nitrogens is 1. The van der Waals surface area contributed by atoms with Crippen molar-refractivity contribution in [2.24, 2.45) is 0 Å².